The predicted molar refractivity (Wildman–Crippen MR) is 334 cm³/mol. The Morgan fingerprint density at radius 1 is 0.410 bits per heavy atom. The highest BCUT2D eigenvalue weighted by Gasteiger charge is 2.48. The second kappa shape index (κ2) is 17.1. The summed E-state index contributed by atoms with van der Waals surface area (Å²) in [6.45, 7) is 32.6. The molecule has 13 rings (SSSR count). The van der Waals surface area contributed by atoms with Gasteiger partial charge in [0.25, 0.3) is 6.71 Å². The Kier molecular flexibility index (Phi) is 10.9. The van der Waals surface area contributed by atoms with Crippen molar-refractivity contribution in [2.24, 2.45) is 0 Å². The Hall–Kier alpha value is -7.76. The predicted octanol–water partition coefficient (Wildman–Crippen LogP) is 18.3. The smallest absolute Gasteiger partial charge is 0.252 e. The molecule has 3 heterocycles. The molecule has 0 bridgehead atoms. The van der Waals surface area contributed by atoms with Gasteiger partial charge in [-0.1, -0.05) is 181 Å². The third-order valence-electron chi connectivity index (χ3n) is 17.8. The van der Waals surface area contributed by atoms with Crippen LogP contribution in [0.2, 0.25) is 0 Å². The molecule has 0 unspecified atom stereocenters. The number of fused-ring (bicyclic) bond motifs is 9. The molecule has 5 heteroatoms. The summed E-state index contributed by atoms with van der Waals surface area (Å²) in [6, 6.07) is 69.7. The Balaban J connectivity index is 1.14. The Labute approximate surface area is 463 Å². The lowest BCUT2D eigenvalue weighted by molar-refractivity contribution is 0.521. The summed E-state index contributed by atoms with van der Waals surface area (Å²) in [5, 5.41) is 2.23. The fourth-order valence-electron chi connectivity index (χ4n) is 13.5. The molecule has 9 aromatic carbocycles. The molecular formula is C73H72BN3O. The Bertz CT molecular complexity index is 3990. The summed E-state index contributed by atoms with van der Waals surface area (Å²) in [7, 11) is 0. The molecule has 0 N–H and O–H groups in total. The normalized spacial score (nSPS) is 15.2. The molecule has 4 nitrogen and oxygen atoms in total. The second-order valence-corrected chi connectivity index (χ2v) is 26.8. The van der Waals surface area contributed by atoms with Crippen molar-refractivity contribution in [2.75, 3.05) is 14.7 Å². The number of rotatable bonds is 5. The number of nitrogens with zero attached hydrogens (tertiary/aromatic N) is 3. The average molecular weight is 1020 g/mol. The average Bonchev–Trinajstić information content (AvgIpc) is 2.73. The SMILES string of the molecule is Cc1cc2c3c(c1)N(c1cccc4oc5ccccc5c14)c1cc4c(cc1B3c1cc(N(c3ccc(C(C)(C)C)cc3)c3ccc(C(C)(C)C)cc3)ccc1N2c1ccc(C(C)(C)C)cc1)C(C)(C)c1ccccc1C4(C)C. The largest absolute Gasteiger partial charge is 0.456 e. The van der Waals surface area contributed by atoms with Gasteiger partial charge in [-0.05, 0) is 175 Å². The van der Waals surface area contributed by atoms with Crippen molar-refractivity contribution >= 4 is 96.2 Å². The first-order chi connectivity index (χ1) is 37.0. The lowest BCUT2D eigenvalue weighted by Crippen LogP contribution is -2.62. The van der Waals surface area contributed by atoms with Crippen molar-refractivity contribution in [1.29, 1.82) is 0 Å². The van der Waals surface area contributed by atoms with E-state index in [-0.39, 0.29) is 33.8 Å². The summed E-state index contributed by atoms with van der Waals surface area (Å²) in [5.74, 6) is 0. The van der Waals surface area contributed by atoms with Crippen molar-refractivity contribution < 1.29 is 4.42 Å². The van der Waals surface area contributed by atoms with Gasteiger partial charge in [-0.3, -0.25) is 0 Å². The van der Waals surface area contributed by atoms with E-state index in [2.05, 4.69) is 294 Å². The van der Waals surface area contributed by atoms with Crippen LogP contribution in [0.15, 0.2) is 186 Å². The fraction of sp³-hybridized carbons (Fsp3) is 0.260. The minimum Gasteiger partial charge on any atom is -0.456 e. The highest BCUT2D eigenvalue weighted by atomic mass is 16.3. The molecular weight excluding hydrogens is 946 g/mol. The molecule has 0 spiro atoms. The number of anilines is 9. The molecule has 0 fully saturated rings. The van der Waals surface area contributed by atoms with Crippen molar-refractivity contribution in [3.8, 4) is 0 Å². The van der Waals surface area contributed by atoms with Crippen molar-refractivity contribution in [1.82, 2.24) is 0 Å². The van der Waals surface area contributed by atoms with E-state index in [1.165, 1.54) is 83.6 Å². The molecule has 3 aliphatic rings. The minimum atomic E-state index is -0.270. The van der Waals surface area contributed by atoms with Crippen LogP contribution < -0.4 is 31.1 Å². The van der Waals surface area contributed by atoms with E-state index in [4.69, 9.17) is 4.42 Å². The van der Waals surface area contributed by atoms with Gasteiger partial charge in [-0.15, -0.1) is 0 Å². The summed E-state index contributed by atoms with van der Waals surface area (Å²) in [6.07, 6.45) is 0. The van der Waals surface area contributed by atoms with Crippen LogP contribution in [-0.2, 0) is 27.1 Å². The quantitative estimate of drug-likeness (QED) is 0.160. The zero-order chi connectivity index (χ0) is 54.6. The zero-order valence-corrected chi connectivity index (χ0v) is 48.1. The molecule has 0 atom stereocenters. The molecule has 1 aliphatic carbocycles. The van der Waals surface area contributed by atoms with Crippen molar-refractivity contribution in [2.45, 2.75) is 124 Å². The molecule has 0 amide bonds. The molecule has 0 saturated carbocycles. The number of para-hydroxylation sites is 1. The molecule has 2 aliphatic heterocycles. The molecule has 0 radical (unpaired) electrons. The maximum Gasteiger partial charge on any atom is 0.252 e. The van der Waals surface area contributed by atoms with Gasteiger partial charge in [0.05, 0.1) is 11.1 Å². The summed E-state index contributed by atoms with van der Waals surface area (Å²) >= 11 is 0. The zero-order valence-electron chi connectivity index (χ0n) is 48.1. The van der Waals surface area contributed by atoms with Crippen LogP contribution in [0.25, 0.3) is 21.9 Å². The Morgan fingerprint density at radius 2 is 0.897 bits per heavy atom. The van der Waals surface area contributed by atoms with Crippen LogP contribution in [0.4, 0.5) is 51.2 Å². The van der Waals surface area contributed by atoms with Gasteiger partial charge < -0.3 is 19.1 Å². The molecule has 0 saturated heterocycles. The van der Waals surface area contributed by atoms with E-state index >= 15 is 0 Å². The summed E-state index contributed by atoms with van der Waals surface area (Å²) in [5.41, 5.74) is 26.2. The fourth-order valence-corrected chi connectivity index (χ4v) is 13.5. The lowest BCUT2D eigenvalue weighted by Gasteiger charge is -2.48. The minimum absolute atomic E-state index is 0.00490. The standard InChI is InChI=1S/C73H72BN3O/c1-45-40-63-68-64(41-45)77(61-23-19-25-66-67(61)53-20-15-18-24-65(53)78-66)62-44-57-56(72(11,12)54-21-16-17-22-55(54)73(57,13)14)43-59(62)74(68)58-42-52(38-39-60(58)76(63)51-36-30-48(31-37-51)71(8,9)10)75(49-32-26-46(27-33-49)69(2,3)4)50-34-28-47(29-35-50)70(5,6)7/h15-44H,1-14H3. The van der Waals surface area contributed by atoms with E-state index in [1.807, 2.05) is 0 Å². The van der Waals surface area contributed by atoms with Crippen LogP contribution in [0.5, 0.6) is 0 Å². The van der Waals surface area contributed by atoms with Crippen LogP contribution in [0, 0.1) is 6.92 Å². The van der Waals surface area contributed by atoms with E-state index < -0.39 is 0 Å². The van der Waals surface area contributed by atoms with Gasteiger partial charge >= 0.3 is 0 Å². The van der Waals surface area contributed by atoms with Crippen LogP contribution >= 0.6 is 0 Å². The number of hydrogen-bond donors (Lipinski definition) is 0. The van der Waals surface area contributed by atoms with Crippen LogP contribution in [-0.4, -0.2) is 6.71 Å². The van der Waals surface area contributed by atoms with E-state index in [0.717, 1.165) is 50.4 Å². The third-order valence-corrected chi connectivity index (χ3v) is 17.8. The Morgan fingerprint density at radius 3 is 1.47 bits per heavy atom. The topological polar surface area (TPSA) is 22.9 Å². The van der Waals surface area contributed by atoms with Gasteiger partial charge in [0.15, 0.2) is 0 Å². The molecule has 78 heavy (non-hydrogen) atoms. The number of furan rings is 1. The molecule has 388 valence electrons. The first-order valence-corrected chi connectivity index (χ1v) is 28.2. The van der Waals surface area contributed by atoms with E-state index in [0.29, 0.717) is 0 Å². The number of aryl methyl sites for hydroxylation is 1. The first kappa shape index (κ1) is 49.8. The number of hydrogen-bond acceptors (Lipinski definition) is 4. The highest BCUT2D eigenvalue weighted by Crippen LogP contribution is 2.54. The molecule has 10 aromatic rings. The van der Waals surface area contributed by atoms with Crippen molar-refractivity contribution in [3.63, 3.8) is 0 Å². The van der Waals surface area contributed by atoms with Gasteiger partial charge in [0.1, 0.15) is 11.2 Å². The molecule has 1 aromatic heterocycles. The van der Waals surface area contributed by atoms with Gasteiger partial charge in [0.2, 0.25) is 0 Å². The van der Waals surface area contributed by atoms with Crippen LogP contribution in [0.1, 0.15) is 135 Å². The monoisotopic (exact) mass is 1020 g/mol. The van der Waals surface area contributed by atoms with Gasteiger partial charge in [-0.25, -0.2) is 0 Å². The van der Waals surface area contributed by atoms with E-state index in [1.54, 1.807) is 0 Å². The first-order valence-electron chi connectivity index (χ1n) is 28.2. The third kappa shape index (κ3) is 7.62. The van der Waals surface area contributed by atoms with Gasteiger partial charge in [0, 0.05) is 61.7 Å². The summed E-state index contributed by atoms with van der Waals surface area (Å²) < 4.78 is 6.72. The lowest BCUT2D eigenvalue weighted by atomic mass is 9.33. The highest BCUT2D eigenvalue weighted by molar-refractivity contribution is 7.00. The number of benzene rings is 9. The maximum absolute atomic E-state index is 6.72. The maximum atomic E-state index is 6.72. The van der Waals surface area contributed by atoms with Crippen molar-refractivity contribution in [3.05, 3.63) is 226 Å². The summed E-state index contributed by atoms with van der Waals surface area (Å²) in [4.78, 5) is 7.65. The van der Waals surface area contributed by atoms with Gasteiger partial charge in [-0.2, -0.15) is 0 Å². The van der Waals surface area contributed by atoms with E-state index in [9.17, 15) is 0 Å². The van der Waals surface area contributed by atoms with Crippen LogP contribution in [0.3, 0.4) is 0 Å². The second-order valence-electron chi connectivity index (χ2n) is 26.8.